The van der Waals surface area contributed by atoms with E-state index in [4.69, 9.17) is 13.9 Å². The third kappa shape index (κ3) is 2.50. The van der Waals surface area contributed by atoms with E-state index in [1.165, 1.54) is 6.26 Å². The average molecular weight is 236 g/mol. The molecule has 0 amide bonds. The highest BCUT2D eigenvalue weighted by molar-refractivity contribution is 5.85. The molecule has 5 nitrogen and oxygen atoms in total. The van der Waals surface area contributed by atoms with Crippen molar-refractivity contribution in [3.8, 4) is 11.5 Å². The van der Waals surface area contributed by atoms with Gasteiger partial charge in [-0.3, -0.25) is 0 Å². The van der Waals surface area contributed by atoms with Crippen molar-refractivity contribution >= 4 is 16.9 Å². The molecule has 0 atom stereocenters. The summed E-state index contributed by atoms with van der Waals surface area (Å²) in [6, 6.07) is 4.92. The van der Waals surface area contributed by atoms with Gasteiger partial charge in [-0.25, -0.2) is 4.79 Å². The molecule has 0 aliphatic heterocycles. The summed E-state index contributed by atoms with van der Waals surface area (Å²) in [6.07, 6.45) is 1.25. The fourth-order valence-electron chi connectivity index (χ4n) is 1.43. The lowest BCUT2D eigenvalue weighted by Crippen LogP contribution is -2.14. The summed E-state index contributed by atoms with van der Waals surface area (Å²) < 4.78 is 15.0. The molecule has 1 aromatic carbocycles. The zero-order valence-electron chi connectivity index (χ0n) is 9.30. The number of carbonyl (C=O) groups is 1. The van der Waals surface area contributed by atoms with Crippen LogP contribution in [0, 0.1) is 0 Å². The van der Waals surface area contributed by atoms with Crippen LogP contribution in [0.1, 0.15) is 6.92 Å². The molecule has 0 aliphatic rings. The van der Waals surface area contributed by atoms with Crippen LogP contribution in [0.25, 0.3) is 11.0 Å². The van der Waals surface area contributed by atoms with Crippen molar-refractivity contribution in [3.63, 3.8) is 0 Å². The van der Waals surface area contributed by atoms with Crippen molar-refractivity contribution in [1.29, 1.82) is 0 Å². The molecule has 0 spiro atoms. The van der Waals surface area contributed by atoms with Crippen molar-refractivity contribution in [3.05, 3.63) is 24.5 Å². The van der Waals surface area contributed by atoms with Gasteiger partial charge in [0.15, 0.2) is 12.4 Å². The molecule has 0 radical (unpaired) electrons. The molecule has 1 heterocycles. The second-order valence-electron chi connectivity index (χ2n) is 3.37. The van der Waals surface area contributed by atoms with E-state index >= 15 is 0 Å². The number of hydrogen-bond donors (Lipinski definition) is 1. The summed E-state index contributed by atoms with van der Waals surface area (Å²) in [5, 5.41) is 10.0. The first-order valence-electron chi connectivity index (χ1n) is 5.19. The summed E-state index contributed by atoms with van der Waals surface area (Å²) in [5.74, 6) is 0.0906. The molecule has 0 unspecified atom stereocenters. The molecule has 1 aromatic heterocycles. The van der Waals surface area contributed by atoms with Crippen molar-refractivity contribution < 1.29 is 23.8 Å². The summed E-state index contributed by atoms with van der Waals surface area (Å²) in [5.41, 5.74) is 0.561. The normalized spacial score (nSPS) is 10.4. The Morgan fingerprint density at radius 3 is 3.06 bits per heavy atom. The number of furan rings is 1. The maximum absolute atomic E-state index is 11.1. The molecule has 2 aromatic rings. The lowest BCUT2D eigenvalue weighted by atomic mass is 10.2. The minimum Gasteiger partial charge on any atom is -0.504 e. The van der Waals surface area contributed by atoms with E-state index in [1.807, 2.05) is 0 Å². The van der Waals surface area contributed by atoms with Gasteiger partial charge in [0.1, 0.15) is 17.6 Å². The van der Waals surface area contributed by atoms with Crippen molar-refractivity contribution in [2.24, 2.45) is 0 Å². The topological polar surface area (TPSA) is 68.9 Å². The highest BCUT2D eigenvalue weighted by Gasteiger charge is 2.07. The molecule has 5 heteroatoms. The minimum absolute atomic E-state index is 0.0431. The van der Waals surface area contributed by atoms with E-state index in [0.29, 0.717) is 23.3 Å². The first kappa shape index (κ1) is 11.3. The number of fused-ring (bicyclic) bond motifs is 1. The number of ether oxygens (including phenoxy) is 2. The first-order chi connectivity index (χ1) is 8.20. The zero-order chi connectivity index (χ0) is 12.3. The third-order valence-corrected chi connectivity index (χ3v) is 2.19. The van der Waals surface area contributed by atoms with Crippen LogP contribution in [0.5, 0.6) is 11.5 Å². The number of rotatable bonds is 4. The van der Waals surface area contributed by atoms with Crippen LogP contribution < -0.4 is 4.74 Å². The fraction of sp³-hybridized carbons (Fsp3) is 0.250. The Balaban J connectivity index is 2.08. The summed E-state index contributed by atoms with van der Waals surface area (Å²) in [6.45, 7) is 1.90. The van der Waals surface area contributed by atoms with Gasteiger partial charge in [0.2, 0.25) is 0 Å². The van der Waals surface area contributed by atoms with E-state index in [1.54, 1.807) is 25.1 Å². The van der Waals surface area contributed by atoms with E-state index in [2.05, 4.69) is 0 Å². The lowest BCUT2D eigenvalue weighted by molar-refractivity contribution is -0.145. The molecule has 0 fully saturated rings. The molecule has 2 rings (SSSR count). The predicted octanol–water partition coefficient (Wildman–Crippen LogP) is 2.08. The largest absolute Gasteiger partial charge is 0.504 e. The highest BCUT2D eigenvalue weighted by Crippen LogP contribution is 2.29. The molecule has 0 aliphatic carbocycles. The SMILES string of the molecule is CCOC(=O)COc1ccc2occ(O)c2c1. The van der Waals surface area contributed by atoms with Crippen LogP contribution in [-0.4, -0.2) is 24.3 Å². The van der Waals surface area contributed by atoms with Gasteiger partial charge < -0.3 is 19.0 Å². The van der Waals surface area contributed by atoms with Crippen LogP contribution in [0.2, 0.25) is 0 Å². The molecule has 0 saturated heterocycles. The molecular weight excluding hydrogens is 224 g/mol. The van der Waals surface area contributed by atoms with Crippen LogP contribution >= 0.6 is 0 Å². The van der Waals surface area contributed by atoms with Gasteiger partial charge in [-0.05, 0) is 25.1 Å². The van der Waals surface area contributed by atoms with E-state index in [0.717, 1.165) is 0 Å². The predicted molar refractivity (Wildman–Crippen MR) is 60.0 cm³/mol. The van der Waals surface area contributed by atoms with Crippen molar-refractivity contribution in [2.75, 3.05) is 13.2 Å². The molecule has 17 heavy (non-hydrogen) atoms. The van der Waals surface area contributed by atoms with Gasteiger partial charge in [0.05, 0.1) is 12.0 Å². The first-order valence-corrected chi connectivity index (χ1v) is 5.19. The minimum atomic E-state index is -0.427. The second kappa shape index (κ2) is 4.78. The molecule has 0 saturated carbocycles. The van der Waals surface area contributed by atoms with E-state index in [9.17, 15) is 9.90 Å². The van der Waals surface area contributed by atoms with Crippen LogP contribution in [0.15, 0.2) is 28.9 Å². The van der Waals surface area contributed by atoms with Crippen LogP contribution in [0.4, 0.5) is 0 Å². The Hall–Kier alpha value is -2.17. The number of aromatic hydroxyl groups is 1. The number of hydrogen-bond acceptors (Lipinski definition) is 5. The van der Waals surface area contributed by atoms with Crippen molar-refractivity contribution in [2.45, 2.75) is 6.92 Å². The standard InChI is InChI=1S/C12H12O5/c1-2-15-12(14)7-16-8-3-4-11-9(5-8)10(13)6-17-11/h3-6,13H,2,7H2,1H3. The van der Waals surface area contributed by atoms with Gasteiger partial charge in [-0.2, -0.15) is 0 Å². The van der Waals surface area contributed by atoms with Crippen molar-refractivity contribution in [1.82, 2.24) is 0 Å². The third-order valence-electron chi connectivity index (χ3n) is 2.19. The molecule has 90 valence electrons. The second-order valence-corrected chi connectivity index (χ2v) is 3.37. The Labute approximate surface area is 97.6 Å². The Morgan fingerprint density at radius 1 is 1.47 bits per heavy atom. The van der Waals surface area contributed by atoms with Gasteiger partial charge >= 0.3 is 5.97 Å². The maximum Gasteiger partial charge on any atom is 0.344 e. The lowest BCUT2D eigenvalue weighted by Gasteiger charge is -2.05. The van der Waals surface area contributed by atoms with E-state index < -0.39 is 5.97 Å². The number of carbonyl (C=O) groups excluding carboxylic acids is 1. The number of esters is 1. The molecule has 0 bridgehead atoms. The summed E-state index contributed by atoms with van der Waals surface area (Å²) in [4.78, 5) is 11.1. The van der Waals surface area contributed by atoms with E-state index in [-0.39, 0.29) is 12.4 Å². The zero-order valence-corrected chi connectivity index (χ0v) is 9.30. The van der Waals surface area contributed by atoms with Gasteiger partial charge in [-0.1, -0.05) is 0 Å². The summed E-state index contributed by atoms with van der Waals surface area (Å²) in [7, 11) is 0. The average Bonchev–Trinajstić information content (AvgIpc) is 2.69. The Bertz CT molecular complexity index is 529. The smallest absolute Gasteiger partial charge is 0.344 e. The van der Waals surface area contributed by atoms with Gasteiger partial charge in [0, 0.05) is 0 Å². The van der Waals surface area contributed by atoms with Gasteiger partial charge in [-0.15, -0.1) is 0 Å². The Morgan fingerprint density at radius 2 is 2.29 bits per heavy atom. The quantitative estimate of drug-likeness (QED) is 0.823. The molecule has 1 N–H and O–H groups in total. The fourth-order valence-corrected chi connectivity index (χ4v) is 1.43. The monoisotopic (exact) mass is 236 g/mol. The number of benzene rings is 1. The Kier molecular flexibility index (Phi) is 3.18. The van der Waals surface area contributed by atoms with Crippen LogP contribution in [0.3, 0.4) is 0 Å². The highest BCUT2D eigenvalue weighted by atomic mass is 16.6. The maximum atomic E-state index is 11.1. The van der Waals surface area contributed by atoms with Gasteiger partial charge in [0.25, 0.3) is 0 Å². The van der Waals surface area contributed by atoms with Crippen LogP contribution in [-0.2, 0) is 9.53 Å². The molecular formula is C12H12O5. The summed E-state index contributed by atoms with van der Waals surface area (Å²) >= 11 is 0.